The third-order valence-electron chi connectivity index (χ3n) is 1.51. The first kappa shape index (κ1) is 11.8. The highest BCUT2D eigenvalue weighted by molar-refractivity contribution is 4.79. The van der Waals surface area contributed by atoms with Crippen LogP contribution in [0, 0.1) is 0 Å². The molecule has 0 spiro atoms. The molecule has 0 saturated heterocycles. The molecule has 6 N–H and O–H groups in total. The Balaban J connectivity index is 3.99. The van der Waals surface area contributed by atoms with Gasteiger partial charge in [0.1, 0.15) is 24.4 Å². The minimum Gasteiger partial charge on any atom is -0.394 e. The third kappa shape index (κ3) is 3.02. The minimum atomic E-state index is -1.67. The summed E-state index contributed by atoms with van der Waals surface area (Å²) in [6, 6.07) is 0. The average molecular weight is 183 g/mol. The van der Waals surface area contributed by atoms with Crippen molar-refractivity contribution in [1.82, 2.24) is 0 Å². The quantitative estimate of drug-likeness (QED) is 0.245. The van der Waals surface area contributed by atoms with E-state index < -0.39 is 37.6 Å². The van der Waals surface area contributed by atoms with Crippen molar-refractivity contribution in [1.29, 1.82) is 0 Å². The topological polar surface area (TPSA) is 121 Å². The SMILES string of the molecule is OC[C@@H](O)[C@@H](O)[13C@H](O)[C@@H](O)CO. The second-order valence-electron chi connectivity index (χ2n) is 2.48. The van der Waals surface area contributed by atoms with E-state index in [2.05, 4.69) is 0 Å². The highest BCUT2D eigenvalue weighted by Gasteiger charge is 2.29. The van der Waals surface area contributed by atoms with E-state index in [1.807, 2.05) is 0 Å². The summed E-state index contributed by atoms with van der Waals surface area (Å²) in [6.45, 7) is -1.45. The van der Waals surface area contributed by atoms with Gasteiger partial charge in [-0.05, 0) is 0 Å². The molecular weight excluding hydrogens is 169 g/mol. The Hall–Kier alpha value is -0.240. The molecule has 12 heavy (non-hydrogen) atoms. The minimum absolute atomic E-state index is 0.726. The van der Waals surface area contributed by atoms with Crippen LogP contribution in [0.2, 0.25) is 0 Å². The first-order valence-electron chi connectivity index (χ1n) is 3.48. The summed E-state index contributed by atoms with van der Waals surface area (Å²) in [4.78, 5) is 0. The zero-order valence-corrected chi connectivity index (χ0v) is 6.41. The van der Waals surface area contributed by atoms with Crippen LogP contribution in [-0.4, -0.2) is 68.3 Å². The van der Waals surface area contributed by atoms with Gasteiger partial charge in [-0.15, -0.1) is 0 Å². The molecule has 74 valence electrons. The van der Waals surface area contributed by atoms with Crippen LogP contribution in [0.25, 0.3) is 0 Å². The maximum Gasteiger partial charge on any atom is 0.111 e. The maximum atomic E-state index is 8.96. The van der Waals surface area contributed by atoms with Crippen LogP contribution in [0.4, 0.5) is 0 Å². The predicted octanol–water partition coefficient (Wildman–Crippen LogP) is -3.59. The van der Waals surface area contributed by atoms with Crippen LogP contribution >= 0.6 is 0 Å². The van der Waals surface area contributed by atoms with Crippen molar-refractivity contribution in [2.45, 2.75) is 24.4 Å². The fraction of sp³-hybridized carbons (Fsp3) is 1.00. The van der Waals surface area contributed by atoms with E-state index >= 15 is 0 Å². The molecule has 6 nitrogen and oxygen atoms in total. The molecule has 0 fully saturated rings. The highest BCUT2D eigenvalue weighted by Crippen LogP contribution is 2.03. The molecule has 0 aliphatic rings. The van der Waals surface area contributed by atoms with Crippen molar-refractivity contribution < 1.29 is 30.6 Å². The van der Waals surface area contributed by atoms with Crippen LogP contribution < -0.4 is 0 Å². The normalized spacial score (nSPS) is 21.5. The number of hydrogen-bond acceptors (Lipinski definition) is 6. The van der Waals surface area contributed by atoms with Gasteiger partial charge >= 0.3 is 0 Å². The summed E-state index contributed by atoms with van der Waals surface area (Å²) in [7, 11) is 0. The summed E-state index contributed by atoms with van der Waals surface area (Å²) in [5, 5.41) is 52.2. The molecule has 0 unspecified atom stereocenters. The molecule has 6 heteroatoms. The Labute approximate surface area is 69.3 Å². The molecule has 0 amide bonds. The Morgan fingerprint density at radius 2 is 0.917 bits per heavy atom. The number of hydrogen-bond donors (Lipinski definition) is 6. The lowest BCUT2D eigenvalue weighted by molar-refractivity contribution is -0.123. The van der Waals surface area contributed by atoms with E-state index in [9.17, 15) is 0 Å². The lowest BCUT2D eigenvalue weighted by Gasteiger charge is -2.24. The smallest absolute Gasteiger partial charge is 0.111 e. The van der Waals surface area contributed by atoms with Gasteiger partial charge in [0.25, 0.3) is 0 Å². The summed E-state index contributed by atoms with van der Waals surface area (Å²) in [5.74, 6) is 0. The monoisotopic (exact) mass is 183 g/mol. The van der Waals surface area contributed by atoms with Gasteiger partial charge in [0.2, 0.25) is 0 Å². The molecule has 0 heterocycles. The van der Waals surface area contributed by atoms with Gasteiger partial charge in [-0.2, -0.15) is 0 Å². The maximum absolute atomic E-state index is 8.96. The predicted molar refractivity (Wildman–Crippen MR) is 38.2 cm³/mol. The van der Waals surface area contributed by atoms with Crippen LogP contribution in [0.1, 0.15) is 0 Å². The van der Waals surface area contributed by atoms with Gasteiger partial charge in [-0.1, -0.05) is 0 Å². The Kier molecular flexibility index (Phi) is 5.31. The molecule has 0 radical (unpaired) electrons. The lowest BCUT2D eigenvalue weighted by Crippen LogP contribution is -2.46. The summed E-state index contributed by atoms with van der Waals surface area (Å²) < 4.78 is 0. The molecular formula is C6H14O6. The Bertz CT molecular complexity index is 105. The van der Waals surface area contributed by atoms with Crippen LogP contribution in [0.5, 0.6) is 0 Å². The zero-order chi connectivity index (χ0) is 9.72. The van der Waals surface area contributed by atoms with Crippen molar-refractivity contribution in [2.75, 3.05) is 13.2 Å². The highest BCUT2D eigenvalue weighted by atomic mass is 16.5. The fourth-order valence-corrected chi connectivity index (χ4v) is 0.671. The van der Waals surface area contributed by atoms with E-state index in [1.165, 1.54) is 0 Å². The molecule has 0 rings (SSSR count). The summed E-state index contributed by atoms with van der Waals surface area (Å²) >= 11 is 0. The van der Waals surface area contributed by atoms with E-state index in [1.54, 1.807) is 0 Å². The largest absolute Gasteiger partial charge is 0.394 e. The first-order chi connectivity index (χ1) is 5.54. The van der Waals surface area contributed by atoms with Crippen LogP contribution in [0.15, 0.2) is 0 Å². The molecule has 0 aliphatic heterocycles. The van der Waals surface area contributed by atoms with Crippen molar-refractivity contribution >= 4 is 0 Å². The number of aliphatic hydroxyl groups is 6. The van der Waals surface area contributed by atoms with E-state index in [4.69, 9.17) is 30.6 Å². The van der Waals surface area contributed by atoms with Crippen molar-refractivity contribution in [3.05, 3.63) is 0 Å². The number of rotatable bonds is 5. The van der Waals surface area contributed by atoms with E-state index in [0.29, 0.717) is 0 Å². The Morgan fingerprint density at radius 3 is 1.08 bits per heavy atom. The van der Waals surface area contributed by atoms with Crippen molar-refractivity contribution in [3.63, 3.8) is 0 Å². The number of aliphatic hydroxyl groups excluding tert-OH is 6. The van der Waals surface area contributed by atoms with Gasteiger partial charge in [0.05, 0.1) is 13.2 Å². The van der Waals surface area contributed by atoms with Gasteiger partial charge < -0.3 is 30.6 Å². The molecule has 0 saturated carbocycles. The summed E-state index contributed by atoms with van der Waals surface area (Å²) in [6.07, 6.45) is -6.39. The van der Waals surface area contributed by atoms with Gasteiger partial charge in [-0.25, -0.2) is 0 Å². The zero-order valence-electron chi connectivity index (χ0n) is 6.41. The Morgan fingerprint density at radius 1 is 0.667 bits per heavy atom. The van der Waals surface area contributed by atoms with Crippen LogP contribution in [-0.2, 0) is 0 Å². The fourth-order valence-electron chi connectivity index (χ4n) is 0.671. The van der Waals surface area contributed by atoms with Gasteiger partial charge in [-0.3, -0.25) is 0 Å². The second-order valence-corrected chi connectivity index (χ2v) is 2.48. The molecule has 0 aromatic heterocycles. The first-order valence-corrected chi connectivity index (χ1v) is 3.48. The van der Waals surface area contributed by atoms with Gasteiger partial charge in [0.15, 0.2) is 0 Å². The average Bonchev–Trinajstić information content (AvgIpc) is 2.12. The lowest BCUT2D eigenvalue weighted by atomic mass is 10.2. The third-order valence-corrected chi connectivity index (χ3v) is 1.51. The molecule has 0 aromatic carbocycles. The summed E-state index contributed by atoms with van der Waals surface area (Å²) in [5.41, 5.74) is 0. The van der Waals surface area contributed by atoms with Gasteiger partial charge in [0, 0.05) is 0 Å². The molecule has 4 atom stereocenters. The standard InChI is InChI=1S/C6H14O6/c7-1-3(9)5(11)6(12)4(10)2-8/h3-12H,1-2H2/t3-,4+,5-,6-/m1/s1/i5+1/t3-,4+,5+,6+/m0. The van der Waals surface area contributed by atoms with Crippen molar-refractivity contribution in [2.24, 2.45) is 0 Å². The van der Waals surface area contributed by atoms with Crippen molar-refractivity contribution in [3.8, 4) is 0 Å². The van der Waals surface area contributed by atoms with E-state index in [-0.39, 0.29) is 0 Å². The van der Waals surface area contributed by atoms with E-state index in [0.717, 1.165) is 0 Å². The molecule has 0 aliphatic carbocycles. The molecule has 0 bridgehead atoms. The van der Waals surface area contributed by atoms with Crippen LogP contribution in [0.3, 0.4) is 0 Å². The second kappa shape index (κ2) is 5.41. The molecule has 0 aromatic rings.